The molecule has 0 aliphatic carbocycles. The monoisotopic (exact) mass is 551 g/mol. The lowest BCUT2D eigenvalue weighted by Crippen LogP contribution is -2.50. The molecule has 1 atom stereocenters. The Morgan fingerprint density at radius 2 is 1.97 bits per heavy atom. The Hall–Kier alpha value is -3.07. The number of piperazine rings is 1. The predicted molar refractivity (Wildman–Crippen MR) is 138 cm³/mol. The number of amides is 1. The molecule has 3 heterocycles. The molecule has 198 valence electrons. The third-order valence-electron chi connectivity index (χ3n) is 5.89. The second-order valence-electron chi connectivity index (χ2n) is 8.67. The van der Waals surface area contributed by atoms with Crippen molar-refractivity contribution >= 4 is 49.1 Å². The second-order valence-corrected chi connectivity index (χ2v) is 11.9. The number of alkyl halides is 2. The van der Waals surface area contributed by atoms with Crippen LogP contribution in [0.1, 0.15) is 19.4 Å². The summed E-state index contributed by atoms with van der Waals surface area (Å²) in [6.07, 6.45) is 3.10. The molecule has 14 heteroatoms. The smallest absolute Gasteiger partial charge is 0.293 e. The molecular formula is C23H27F2N7O3S2. The molecule has 0 radical (unpaired) electrons. The summed E-state index contributed by atoms with van der Waals surface area (Å²) in [6.45, 7) is 8.74. The molecule has 3 aromatic rings. The Morgan fingerprint density at radius 1 is 1.24 bits per heavy atom. The quantitative estimate of drug-likeness (QED) is 0.389. The van der Waals surface area contributed by atoms with Gasteiger partial charge in [0.15, 0.2) is 9.34 Å². The van der Waals surface area contributed by atoms with Gasteiger partial charge < -0.3 is 10.6 Å². The summed E-state index contributed by atoms with van der Waals surface area (Å²) in [5.41, 5.74) is -0.0822. The van der Waals surface area contributed by atoms with Crippen molar-refractivity contribution in [3.8, 4) is 0 Å². The van der Waals surface area contributed by atoms with Gasteiger partial charge in [0.2, 0.25) is 5.91 Å². The predicted octanol–water partition coefficient (Wildman–Crippen LogP) is 3.13. The molecule has 0 spiro atoms. The van der Waals surface area contributed by atoms with Crippen LogP contribution in [0.3, 0.4) is 0 Å². The van der Waals surface area contributed by atoms with Crippen LogP contribution >= 0.6 is 11.3 Å². The number of nitrogens with one attached hydrogen (secondary N) is 2. The van der Waals surface area contributed by atoms with E-state index in [2.05, 4.69) is 37.1 Å². The molecule has 2 aromatic heterocycles. The van der Waals surface area contributed by atoms with E-state index in [1.807, 2.05) is 6.92 Å². The van der Waals surface area contributed by atoms with Crippen LogP contribution in [0.15, 0.2) is 47.6 Å². The molecule has 10 nitrogen and oxygen atoms in total. The average molecular weight is 552 g/mol. The number of allylic oxidation sites excluding steroid dienone is 1. The van der Waals surface area contributed by atoms with Crippen molar-refractivity contribution in [3.63, 3.8) is 0 Å². The number of halogens is 2. The van der Waals surface area contributed by atoms with Gasteiger partial charge in [-0.3, -0.25) is 9.69 Å². The van der Waals surface area contributed by atoms with E-state index >= 15 is 0 Å². The molecule has 0 bridgehead atoms. The van der Waals surface area contributed by atoms with Crippen molar-refractivity contribution in [3.05, 3.63) is 48.9 Å². The summed E-state index contributed by atoms with van der Waals surface area (Å²) in [5.74, 6) is -3.10. The lowest BCUT2D eigenvalue weighted by atomic mass is 10.0. The van der Waals surface area contributed by atoms with Gasteiger partial charge in [0.1, 0.15) is 12.1 Å². The zero-order chi connectivity index (χ0) is 26.8. The molecule has 2 N–H and O–H groups in total. The number of fused-ring (bicyclic) bond motifs is 1. The number of carbonyl (C=O) groups excluding carboxylic acids is 1. The first-order chi connectivity index (χ1) is 17.5. The Balaban J connectivity index is 1.38. The summed E-state index contributed by atoms with van der Waals surface area (Å²) in [6, 6.07) is 4.44. The lowest BCUT2D eigenvalue weighted by molar-refractivity contribution is -0.114. The van der Waals surface area contributed by atoms with Crippen molar-refractivity contribution in [2.45, 2.75) is 30.0 Å². The zero-order valence-electron chi connectivity index (χ0n) is 20.3. The van der Waals surface area contributed by atoms with E-state index in [1.54, 1.807) is 6.07 Å². The number of aromatic nitrogens is 3. The lowest BCUT2D eigenvalue weighted by Gasteiger charge is -2.35. The van der Waals surface area contributed by atoms with Gasteiger partial charge in [-0.1, -0.05) is 30.0 Å². The first-order valence-electron chi connectivity index (χ1n) is 11.5. The molecule has 37 heavy (non-hydrogen) atoms. The van der Waals surface area contributed by atoms with Gasteiger partial charge in [-0.25, -0.2) is 23.4 Å². The zero-order valence-corrected chi connectivity index (χ0v) is 22.0. The van der Waals surface area contributed by atoms with Crippen LogP contribution < -0.4 is 10.6 Å². The van der Waals surface area contributed by atoms with Gasteiger partial charge in [0.25, 0.3) is 15.9 Å². The highest BCUT2D eigenvalue weighted by Crippen LogP contribution is 2.35. The van der Waals surface area contributed by atoms with Crippen molar-refractivity contribution in [2.75, 3.05) is 43.4 Å². The number of anilines is 2. The van der Waals surface area contributed by atoms with Crippen molar-refractivity contribution < 1.29 is 22.0 Å². The molecule has 0 saturated carbocycles. The number of para-hydroxylation sites is 1. The summed E-state index contributed by atoms with van der Waals surface area (Å²) in [5, 5.41) is 6.49. The Kier molecular flexibility index (Phi) is 7.83. The SMILES string of the molecule is C=CC(F)(F)c1cccc2c(N[C@@H](C)CN3CCN(S(=O)(=O)c4cnc(NC(C)=O)s4)CC3)ncnc12. The van der Waals surface area contributed by atoms with Gasteiger partial charge in [0.05, 0.1) is 17.3 Å². The number of carbonyl (C=O) groups is 1. The van der Waals surface area contributed by atoms with Crippen LogP contribution in [0, 0.1) is 0 Å². The summed E-state index contributed by atoms with van der Waals surface area (Å²) in [4.78, 5) is 25.6. The Bertz CT molecular complexity index is 1410. The van der Waals surface area contributed by atoms with E-state index in [1.165, 1.54) is 35.9 Å². The number of sulfonamides is 1. The maximum Gasteiger partial charge on any atom is 0.293 e. The van der Waals surface area contributed by atoms with Gasteiger partial charge in [-0.05, 0) is 19.1 Å². The van der Waals surface area contributed by atoms with E-state index in [4.69, 9.17) is 0 Å². The van der Waals surface area contributed by atoms with E-state index in [0.29, 0.717) is 50.0 Å². The maximum absolute atomic E-state index is 14.3. The van der Waals surface area contributed by atoms with Crippen molar-refractivity contribution in [2.24, 2.45) is 0 Å². The maximum atomic E-state index is 14.3. The number of hydrogen-bond donors (Lipinski definition) is 2. The normalized spacial score (nSPS) is 16.4. The molecule has 1 saturated heterocycles. The van der Waals surface area contributed by atoms with E-state index < -0.39 is 15.9 Å². The highest BCUT2D eigenvalue weighted by atomic mass is 32.2. The highest BCUT2D eigenvalue weighted by molar-refractivity contribution is 7.91. The first kappa shape index (κ1) is 27.0. The van der Waals surface area contributed by atoms with E-state index in [-0.39, 0.29) is 32.4 Å². The topological polar surface area (TPSA) is 120 Å². The van der Waals surface area contributed by atoms with Gasteiger partial charge in [-0.15, -0.1) is 0 Å². The largest absolute Gasteiger partial charge is 0.366 e. The van der Waals surface area contributed by atoms with E-state index in [0.717, 1.165) is 11.3 Å². The minimum absolute atomic E-state index is 0.0803. The number of nitrogens with zero attached hydrogens (tertiary/aromatic N) is 5. The number of benzene rings is 1. The number of thiazole rings is 1. The molecule has 1 aliphatic heterocycles. The average Bonchev–Trinajstić information content (AvgIpc) is 3.33. The van der Waals surface area contributed by atoms with Crippen LogP contribution in [0.4, 0.5) is 19.7 Å². The van der Waals surface area contributed by atoms with Crippen molar-refractivity contribution in [1.82, 2.24) is 24.2 Å². The van der Waals surface area contributed by atoms with Crippen molar-refractivity contribution in [1.29, 1.82) is 0 Å². The summed E-state index contributed by atoms with van der Waals surface area (Å²) >= 11 is 0.918. The molecule has 0 unspecified atom stereocenters. The van der Waals surface area contributed by atoms with Crippen LogP contribution in [0.25, 0.3) is 10.9 Å². The second kappa shape index (κ2) is 10.7. The molecule has 1 aromatic carbocycles. The van der Waals surface area contributed by atoms with E-state index in [9.17, 15) is 22.0 Å². The summed E-state index contributed by atoms with van der Waals surface area (Å²) in [7, 11) is -3.71. The highest BCUT2D eigenvalue weighted by Gasteiger charge is 2.32. The fraction of sp³-hybridized carbons (Fsp3) is 0.391. The minimum atomic E-state index is -3.71. The standard InChI is InChI=1S/C23H27F2N7O3S2/c1-4-23(24,25)18-7-5-6-17-20(18)27-14-28-21(17)29-15(2)13-31-8-10-32(11-9-31)37(34,35)19-12-26-22(36-19)30-16(3)33/h4-7,12,14-15H,1,8-11,13H2,2-3H3,(H,26,30,33)(H,27,28,29)/t15-/m0/s1. The molecule has 4 rings (SSSR count). The fourth-order valence-corrected chi connectivity index (χ4v) is 6.77. The van der Waals surface area contributed by atoms with Crippen LogP contribution in [-0.2, 0) is 20.7 Å². The van der Waals surface area contributed by atoms with Gasteiger partial charge in [0, 0.05) is 51.1 Å². The van der Waals surface area contributed by atoms with Gasteiger partial charge in [-0.2, -0.15) is 13.1 Å². The summed E-state index contributed by atoms with van der Waals surface area (Å²) < 4.78 is 56.1. The molecule has 1 amide bonds. The van der Waals surface area contributed by atoms with Crippen LogP contribution in [0.5, 0.6) is 0 Å². The first-order valence-corrected chi connectivity index (χ1v) is 13.7. The van der Waals surface area contributed by atoms with Gasteiger partial charge >= 0.3 is 0 Å². The third-order valence-corrected chi connectivity index (χ3v) is 9.14. The third kappa shape index (κ3) is 5.92. The number of rotatable bonds is 9. The minimum Gasteiger partial charge on any atom is -0.366 e. The number of hydrogen-bond acceptors (Lipinski definition) is 9. The Morgan fingerprint density at radius 3 is 2.65 bits per heavy atom. The molecule has 1 fully saturated rings. The molecule has 1 aliphatic rings. The fourth-order valence-electron chi connectivity index (χ4n) is 4.11. The van der Waals surface area contributed by atoms with Crippen LogP contribution in [-0.4, -0.2) is 77.2 Å². The Labute approximate surface area is 217 Å². The van der Waals surface area contributed by atoms with Crippen LogP contribution in [0.2, 0.25) is 0 Å². The molecular weight excluding hydrogens is 524 g/mol.